The Morgan fingerprint density at radius 2 is 1.41 bits per heavy atom. The third kappa shape index (κ3) is 14.6. The fourth-order valence-corrected chi connectivity index (χ4v) is 5.82. The summed E-state index contributed by atoms with van der Waals surface area (Å²) in [4.78, 5) is 52.4. The van der Waals surface area contributed by atoms with Gasteiger partial charge in [-0.15, -0.1) is 0 Å². The van der Waals surface area contributed by atoms with Gasteiger partial charge in [0.25, 0.3) is 0 Å². The lowest BCUT2D eigenvalue weighted by Gasteiger charge is -2.30. The highest BCUT2D eigenvalue weighted by Gasteiger charge is 2.33. The van der Waals surface area contributed by atoms with Gasteiger partial charge in [0, 0.05) is 24.4 Å². The Kier molecular flexibility index (Phi) is 16.4. The summed E-state index contributed by atoms with van der Waals surface area (Å²) in [7, 11) is -3.69. The van der Waals surface area contributed by atoms with Gasteiger partial charge in [0.15, 0.2) is 0 Å². The maximum absolute atomic E-state index is 13.5. The van der Waals surface area contributed by atoms with Crippen molar-refractivity contribution in [1.29, 1.82) is 0 Å². The van der Waals surface area contributed by atoms with Crippen molar-refractivity contribution in [3.63, 3.8) is 0 Å². The van der Waals surface area contributed by atoms with Crippen LogP contribution in [0.2, 0.25) is 0 Å². The highest BCUT2D eigenvalue weighted by molar-refractivity contribution is 7.90. The highest BCUT2D eigenvalue weighted by atomic mass is 32.2. The lowest BCUT2D eigenvalue weighted by atomic mass is 9.91. The molecule has 0 unspecified atom stereocenters. The topological polar surface area (TPSA) is 189 Å². The Morgan fingerprint density at radius 3 is 1.89 bits per heavy atom. The summed E-state index contributed by atoms with van der Waals surface area (Å²) in [5.74, 6) is -3.80. The van der Waals surface area contributed by atoms with E-state index < -0.39 is 69.4 Å². The molecule has 0 bridgehead atoms. The molecule has 0 aromatic carbocycles. The lowest BCUT2D eigenvalue weighted by molar-refractivity contribution is -0.133. The fraction of sp³-hybridized carbons (Fsp3) is 0.781. The summed E-state index contributed by atoms with van der Waals surface area (Å²) >= 11 is 0. The first-order valence-corrected chi connectivity index (χ1v) is 18.2. The van der Waals surface area contributed by atoms with Crippen molar-refractivity contribution in [3.8, 4) is 0 Å². The molecule has 0 aliphatic rings. The molecule has 46 heavy (non-hydrogen) atoms. The molecular formula is C32H58N6O7S. The van der Waals surface area contributed by atoms with Crippen LogP contribution >= 0.6 is 0 Å². The maximum Gasteiger partial charge on any atom is 0.243 e. The number of rotatable bonds is 19. The number of hydrogen-bond acceptors (Lipinski definition) is 8. The highest BCUT2D eigenvalue weighted by Crippen LogP contribution is 2.17. The normalized spacial score (nSPS) is 16.0. The van der Waals surface area contributed by atoms with Gasteiger partial charge in [-0.3, -0.25) is 23.9 Å². The molecular weight excluding hydrogens is 612 g/mol. The second-order valence-electron chi connectivity index (χ2n) is 14.0. The van der Waals surface area contributed by atoms with E-state index in [0.717, 1.165) is 17.6 Å². The van der Waals surface area contributed by atoms with Crippen LogP contribution in [0.25, 0.3) is 0 Å². The number of carbonyl (C=O) groups is 4. The molecule has 6 atom stereocenters. The zero-order chi connectivity index (χ0) is 35.5. The molecule has 14 heteroatoms. The zero-order valence-electron chi connectivity index (χ0n) is 29.5. The first kappa shape index (κ1) is 41.0. The van der Waals surface area contributed by atoms with Gasteiger partial charge in [-0.25, -0.2) is 8.42 Å². The molecule has 264 valence electrons. The largest absolute Gasteiger partial charge is 0.391 e. The fourth-order valence-electron chi connectivity index (χ4n) is 4.98. The maximum atomic E-state index is 13.5. The van der Waals surface area contributed by atoms with Gasteiger partial charge >= 0.3 is 0 Å². The number of aromatic nitrogens is 2. The molecule has 1 aromatic heterocycles. The minimum Gasteiger partial charge on any atom is -0.391 e. The van der Waals surface area contributed by atoms with Crippen molar-refractivity contribution in [2.75, 3.05) is 18.6 Å². The van der Waals surface area contributed by atoms with Crippen LogP contribution in [0, 0.1) is 43.4 Å². The average Bonchev–Trinajstić information content (AvgIpc) is 3.23. The van der Waals surface area contributed by atoms with Crippen LogP contribution in [0.3, 0.4) is 0 Å². The second-order valence-corrected chi connectivity index (χ2v) is 16.2. The molecule has 1 aromatic rings. The van der Waals surface area contributed by atoms with E-state index in [1.54, 1.807) is 18.5 Å². The van der Waals surface area contributed by atoms with E-state index in [-0.39, 0.29) is 36.6 Å². The summed E-state index contributed by atoms with van der Waals surface area (Å²) in [6.45, 7) is 19.1. The summed E-state index contributed by atoms with van der Waals surface area (Å²) in [5.41, 5.74) is 1.66. The summed E-state index contributed by atoms with van der Waals surface area (Å²) < 4.78 is 26.2. The van der Waals surface area contributed by atoms with E-state index in [1.165, 1.54) is 0 Å². The standard InChI is InChI=1S/C32H58N6O7S/c1-18(2)12-25(27(39)13-21(7)29(40)36-28(20(5)6)32(43)33-15-19(3)4)34-31(42)26(17-46(11,44)45)35-30(41)22(8)16-38-24(10)14-23(9)37-38/h14,18-22,25-28,39H,12-13,15-17H2,1-11H3,(H,33,43)(H,34,42)(H,35,41)(H,36,40)/t21-,22+,25+,26+,27+,28+/m1/s1. The molecule has 13 nitrogen and oxygen atoms in total. The number of nitrogens with one attached hydrogen (secondary N) is 4. The molecule has 0 saturated carbocycles. The van der Waals surface area contributed by atoms with Crippen LogP contribution < -0.4 is 21.3 Å². The smallest absolute Gasteiger partial charge is 0.243 e. The number of nitrogens with zero attached hydrogens (tertiary/aromatic N) is 2. The van der Waals surface area contributed by atoms with Gasteiger partial charge in [0.1, 0.15) is 21.9 Å². The van der Waals surface area contributed by atoms with Crippen molar-refractivity contribution in [3.05, 3.63) is 17.5 Å². The van der Waals surface area contributed by atoms with Crippen LogP contribution in [0.1, 0.15) is 79.6 Å². The predicted octanol–water partition coefficient (Wildman–Crippen LogP) is 1.50. The molecule has 0 saturated heterocycles. The van der Waals surface area contributed by atoms with Crippen LogP contribution in [0.5, 0.6) is 0 Å². The summed E-state index contributed by atoms with van der Waals surface area (Å²) in [6, 6.07) is -1.10. The first-order chi connectivity index (χ1) is 21.1. The first-order valence-electron chi connectivity index (χ1n) is 16.2. The van der Waals surface area contributed by atoms with Crippen molar-refractivity contribution in [2.24, 2.45) is 29.6 Å². The van der Waals surface area contributed by atoms with Gasteiger partial charge < -0.3 is 26.4 Å². The van der Waals surface area contributed by atoms with E-state index in [1.807, 2.05) is 61.5 Å². The minimum atomic E-state index is -3.69. The third-order valence-electron chi connectivity index (χ3n) is 7.59. The zero-order valence-corrected chi connectivity index (χ0v) is 30.3. The minimum absolute atomic E-state index is 0.0231. The summed E-state index contributed by atoms with van der Waals surface area (Å²) in [6.07, 6.45) is 0.123. The molecule has 1 rings (SSSR count). The van der Waals surface area contributed by atoms with Gasteiger partial charge in [0.05, 0.1) is 36.1 Å². The van der Waals surface area contributed by atoms with E-state index >= 15 is 0 Å². The number of aliphatic hydroxyl groups excluding tert-OH is 1. The van der Waals surface area contributed by atoms with Gasteiger partial charge in [-0.1, -0.05) is 55.4 Å². The van der Waals surface area contributed by atoms with E-state index in [0.29, 0.717) is 13.0 Å². The third-order valence-corrected chi connectivity index (χ3v) is 8.53. The SMILES string of the molecule is Cc1cc(C)n(C[C@H](C)C(=O)N[C@@H](CS(C)(=O)=O)C(=O)N[C@@H](CC(C)C)[C@@H](O)C[C@@H](C)C(=O)N[C@H](C(=O)NCC(C)C)C(C)C)n1. The number of amides is 4. The molecule has 0 fully saturated rings. The quantitative estimate of drug-likeness (QED) is 0.146. The number of aryl methyl sites for hydroxylation is 2. The number of carbonyl (C=O) groups excluding carboxylic acids is 4. The Hall–Kier alpha value is -3.00. The molecule has 0 spiro atoms. The number of hydrogen-bond donors (Lipinski definition) is 5. The average molecular weight is 671 g/mol. The van der Waals surface area contributed by atoms with Crippen LogP contribution in [-0.2, 0) is 35.6 Å². The number of sulfone groups is 1. The van der Waals surface area contributed by atoms with E-state index in [2.05, 4.69) is 26.4 Å². The molecule has 5 N–H and O–H groups in total. The predicted molar refractivity (Wildman–Crippen MR) is 178 cm³/mol. The lowest BCUT2D eigenvalue weighted by Crippen LogP contribution is -2.56. The van der Waals surface area contributed by atoms with Crippen LogP contribution in [0.15, 0.2) is 6.07 Å². The molecule has 0 radical (unpaired) electrons. The second kappa shape index (κ2) is 18.4. The van der Waals surface area contributed by atoms with Crippen LogP contribution in [0.4, 0.5) is 0 Å². The molecule has 0 aliphatic carbocycles. The van der Waals surface area contributed by atoms with Crippen molar-refractivity contribution in [1.82, 2.24) is 31.0 Å². The Morgan fingerprint density at radius 1 is 0.826 bits per heavy atom. The monoisotopic (exact) mass is 670 g/mol. The Balaban J connectivity index is 3.04. The number of aliphatic hydroxyl groups is 1. The molecule has 4 amide bonds. The molecule has 1 heterocycles. The van der Waals surface area contributed by atoms with Crippen LogP contribution in [-0.4, -0.2) is 89.7 Å². The van der Waals surface area contributed by atoms with Gasteiger partial charge in [0.2, 0.25) is 23.6 Å². The van der Waals surface area contributed by atoms with E-state index in [9.17, 15) is 32.7 Å². The van der Waals surface area contributed by atoms with Gasteiger partial charge in [-0.2, -0.15) is 5.10 Å². The van der Waals surface area contributed by atoms with Crippen molar-refractivity contribution < 1.29 is 32.7 Å². The van der Waals surface area contributed by atoms with Crippen molar-refractivity contribution in [2.45, 2.75) is 113 Å². The van der Waals surface area contributed by atoms with E-state index in [4.69, 9.17) is 0 Å². The van der Waals surface area contributed by atoms with Crippen molar-refractivity contribution >= 4 is 33.5 Å². The Bertz CT molecular complexity index is 1280. The summed E-state index contributed by atoms with van der Waals surface area (Å²) in [5, 5.41) is 26.5. The van der Waals surface area contributed by atoms with Gasteiger partial charge in [-0.05, 0) is 50.5 Å². The molecule has 0 aliphatic heterocycles. The Labute approximate surface area is 275 Å².